The van der Waals surface area contributed by atoms with Crippen molar-refractivity contribution in [3.63, 3.8) is 0 Å². The Morgan fingerprint density at radius 3 is 1.96 bits per heavy atom. The molecule has 0 aromatic carbocycles. The summed E-state index contributed by atoms with van der Waals surface area (Å²) in [6, 6.07) is 0. The molecule has 0 unspecified atom stereocenters. The first-order valence-electron chi connectivity index (χ1n) is 9.13. The third-order valence-corrected chi connectivity index (χ3v) is 3.69. The number of aliphatic hydroxyl groups is 3. The molecule has 0 aromatic heterocycles. The van der Waals surface area contributed by atoms with E-state index in [0.717, 1.165) is 0 Å². The standard InChI is InChI=1S/C20H29F3O5/c21-20(22,23)15-8-7-13-18(26)17(25)12-6-4-2-1-3-5-10-16(24)11-9-14-19(27)28/h1-6,10,12,16-18,24-26H,7-9,11,13-15H2,(H,27,28)/b3-1-,4-2+,10-5+,12-6+/t16-,17-,18+/m1/s1. The maximum Gasteiger partial charge on any atom is 0.389 e. The van der Waals surface area contributed by atoms with Crippen LogP contribution < -0.4 is 0 Å². The van der Waals surface area contributed by atoms with Gasteiger partial charge in [-0.3, -0.25) is 4.79 Å². The minimum absolute atomic E-state index is 0.0178. The van der Waals surface area contributed by atoms with Gasteiger partial charge in [-0.2, -0.15) is 13.2 Å². The normalized spacial score (nSPS) is 16.5. The monoisotopic (exact) mass is 406 g/mol. The van der Waals surface area contributed by atoms with Crippen LogP contribution in [-0.4, -0.2) is 50.9 Å². The van der Waals surface area contributed by atoms with Gasteiger partial charge < -0.3 is 20.4 Å². The molecule has 0 spiro atoms. The molecule has 0 bridgehead atoms. The van der Waals surface area contributed by atoms with Crippen LogP contribution in [0.3, 0.4) is 0 Å². The Bertz CT molecular complexity index is 538. The maximum absolute atomic E-state index is 12.0. The van der Waals surface area contributed by atoms with Crippen LogP contribution in [0.4, 0.5) is 13.2 Å². The summed E-state index contributed by atoms with van der Waals surface area (Å²) in [5.41, 5.74) is 0. The number of rotatable bonds is 14. The van der Waals surface area contributed by atoms with Crippen molar-refractivity contribution in [3.05, 3.63) is 48.6 Å². The first kappa shape index (κ1) is 26.1. The van der Waals surface area contributed by atoms with Gasteiger partial charge in [0.05, 0.1) is 18.3 Å². The van der Waals surface area contributed by atoms with Gasteiger partial charge in [-0.25, -0.2) is 0 Å². The number of hydrogen-bond donors (Lipinski definition) is 4. The molecule has 0 aliphatic rings. The molecule has 4 N–H and O–H groups in total. The number of carbonyl (C=O) groups is 1. The van der Waals surface area contributed by atoms with E-state index < -0.39 is 36.9 Å². The second-order valence-electron chi connectivity index (χ2n) is 6.31. The molecule has 0 saturated carbocycles. The second-order valence-corrected chi connectivity index (χ2v) is 6.31. The molecule has 0 aromatic rings. The molecule has 0 aliphatic carbocycles. The van der Waals surface area contributed by atoms with Crippen molar-refractivity contribution in [2.75, 3.05) is 0 Å². The van der Waals surface area contributed by atoms with Gasteiger partial charge in [-0.05, 0) is 25.7 Å². The van der Waals surface area contributed by atoms with Gasteiger partial charge in [-0.1, -0.05) is 55.0 Å². The van der Waals surface area contributed by atoms with Gasteiger partial charge in [0, 0.05) is 12.8 Å². The average Bonchev–Trinajstić information content (AvgIpc) is 2.59. The molecule has 3 atom stereocenters. The highest BCUT2D eigenvalue weighted by Crippen LogP contribution is 2.23. The zero-order valence-corrected chi connectivity index (χ0v) is 15.6. The highest BCUT2D eigenvalue weighted by atomic mass is 19.4. The molecule has 0 aliphatic heterocycles. The van der Waals surface area contributed by atoms with E-state index in [1.807, 2.05) is 0 Å². The molecule has 0 amide bonds. The summed E-state index contributed by atoms with van der Waals surface area (Å²) >= 11 is 0. The fourth-order valence-electron chi connectivity index (χ4n) is 2.16. The molecular weight excluding hydrogens is 377 g/mol. The fraction of sp³-hybridized carbons (Fsp3) is 0.550. The van der Waals surface area contributed by atoms with Gasteiger partial charge in [0.25, 0.3) is 0 Å². The van der Waals surface area contributed by atoms with Crippen LogP contribution in [0.2, 0.25) is 0 Å². The van der Waals surface area contributed by atoms with Gasteiger partial charge in [-0.15, -0.1) is 0 Å². The summed E-state index contributed by atoms with van der Waals surface area (Å²) in [5, 5.41) is 37.5. The van der Waals surface area contributed by atoms with Gasteiger partial charge in [0.15, 0.2) is 0 Å². The number of alkyl halides is 3. The van der Waals surface area contributed by atoms with Gasteiger partial charge in [0.2, 0.25) is 0 Å². The fourth-order valence-corrected chi connectivity index (χ4v) is 2.16. The predicted octanol–water partition coefficient (Wildman–Crippen LogP) is 3.67. The van der Waals surface area contributed by atoms with E-state index >= 15 is 0 Å². The SMILES string of the molecule is O=C(O)CCC[C@H](O)/C=C/C=C\C=C\C=C\[C@@H](O)[C@@H](O)CCCCC(F)(F)F. The van der Waals surface area contributed by atoms with Crippen molar-refractivity contribution in [2.24, 2.45) is 0 Å². The lowest BCUT2D eigenvalue weighted by atomic mass is 10.1. The van der Waals surface area contributed by atoms with Crippen LogP contribution in [0.25, 0.3) is 0 Å². The zero-order chi connectivity index (χ0) is 21.4. The Morgan fingerprint density at radius 1 is 0.821 bits per heavy atom. The summed E-state index contributed by atoms with van der Waals surface area (Å²) in [4.78, 5) is 10.3. The van der Waals surface area contributed by atoms with Crippen molar-refractivity contribution in [1.82, 2.24) is 0 Å². The van der Waals surface area contributed by atoms with E-state index in [4.69, 9.17) is 5.11 Å². The molecule has 5 nitrogen and oxygen atoms in total. The number of hydrogen-bond acceptors (Lipinski definition) is 4. The smallest absolute Gasteiger partial charge is 0.389 e. The van der Waals surface area contributed by atoms with Crippen LogP contribution in [-0.2, 0) is 4.79 Å². The third kappa shape index (κ3) is 17.5. The molecule has 28 heavy (non-hydrogen) atoms. The molecule has 0 heterocycles. The Kier molecular flexibility index (Phi) is 14.0. The molecule has 160 valence electrons. The number of halogens is 3. The van der Waals surface area contributed by atoms with Crippen molar-refractivity contribution < 1.29 is 38.4 Å². The molecule has 0 fully saturated rings. The highest BCUT2D eigenvalue weighted by molar-refractivity contribution is 5.66. The van der Waals surface area contributed by atoms with Crippen molar-refractivity contribution in [1.29, 1.82) is 0 Å². The second kappa shape index (κ2) is 15.1. The quantitative estimate of drug-likeness (QED) is 0.261. The lowest BCUT2D eigenvalue weighted by molar-refractivity contribution is -0.137. The maximum atomic E-state index is 12.0. The summed E-state index contributed by atoms with van der Waals surface area (Å²) in [6.45, 7) is 0. The number of aliphatic carboxylic acids is 1. The van der Waals surface area contributed by atoms with Crippen molar-refractivity contribution in [2.45, 2.75) is 69.4 Å². The predicted molar refractivity (Wildman–Crippen MR) is 101 cm³/mol. The van der Waals surface area contributed by atoms with Gasteiger partial charge in [0.1, 0.15) is 0 Å². The summed E-state index contributed by atoms with van der Waals surface area (Å²) < 4.78 is 36.0. The summed E-state index contributed by atoms with van der Waals surface area (Å²) in [5.74, 6) is -0.895. The van der Waals surface area contributed by atoms with Crippen molar-refractivity contribution >= 4 is 5.97 Å². The first-order valence-corrected chi connectivity index (χ1v) is 9.13. The lowest BCUT2D eigenvalue weighted by Gasteiger charge is -2.14. The largest absolute Gasteiger partial charge is 0.481 e. The van der Waals surface area contributed by atoms with Crippen LogP contribution in [0.5, 0.6) is 0 Å². The highest BCUT2D eigenvalue weighted by Gasteiger charge is 2.26. The van der Waals surface area contributed by atoms with E-state index in [1.54, 1.807) is 36.5 Å². The first-order chi connectivity index (χ1) is 13.1. The number of aliphatic hydroxyl groups excluding tert-OH is 3. The third-order valence-electron chi connectivity index (χ3n) is 3.69. The molecule has 0 rings (SSSR count). The van der Waals surface area contributed by atoms with Crippen LogP contribution in [0, 0.1) is 0 Å². The zero-order valence-electron chi connectivity index (χ0n) is 15.6. The molecule has 0 radical (unpaired) electrons. The Labute approximate surface area is 163 Å². The average molecular weight is 406 g/mol. The van der Waals surface area contributed by atoms with E-state index in [2.05, 4.69) is 0 Å². The number of carboxylic acid groups (broad SMARTS) is 1. The lowest BCUT2D eigenvalue weighted by Crippen LogP contribution is -2.23. The van der Waals surface area contributed by atoms with Gasteiger partial charge >= 0.3 is 12.1 Å². The Morgan fingerprint density at radius 2 is 1.39 bits per heavy atom. The minimum atomic E-state index is -4.20. The summed E-state index contributed by atoms with van der Waals surface area (Å²) in [7, 11) is 0. The van der Waals surface area contributed by atoms with E-state index in [0.29, 0.717) is 12.8 Å². The number of unbranched alkanes of at least 4 members (excludes halogenated alkanes) is 1. The van der Waals surface area contributed by atoms with E-state index in [1.165, 1.54) is 12.2 Å². The van der Waals surface area contributed by atoms with Crippen molar-refractivity contribution in [3.8, 4) is 0 Å². The van der Waals surface area contributed by atoms with Crippen LogP contribution in [0.1, 0.15) is 44.9 Å². The molecule has 8 heteroatoms. The van der Waals surface area contributed by atoms with Crippen LogP contribution >= 0.6 is 0 Å². The minimum Gasteiger partial charge on any atom is -0.481 e. The molecule has 0 saturated heterocycles. The number of carboxylic acids is 1. The Balaban J connectivity index is 3.99. The summed E-state index contributed by atoms with van der Waals surface area (Å²) in [6.07, 6.45) is 5.52. The van der Waals surface area contributed by atoms with E-state index in [9.17, 15) is 33.3 Å². The topological polar surface area (TPSA) is 98.0 Å². The molecular formula is C20H29F3O5. The van der Waals surface area contributed by atoms with E-state index in [-0.39, 0.29) is 25.7 Å². The van der Waals surface area contributed by atoms with Crippen LogP contribution in [0.15, 0.2) is 48.6 Å². The Hall–Kier alpha value is -1.90. The number of allylic oxidation sites excluding steroid dienone is 6.